The van der Waals surface area contributed by atoms with Crippen molar-refractivity contribution in [3.63, 3.8) is 0 Å². The van der Waals surface area contributed by atoms with E-state index >= 15 is 0 Å². The molecule has 0 saturated heterocycles. The second-order valence-corrected chi connectivity index (χ2v) is 4.32. The van der Waals surface area contributed by atoms with Crippen molar-refractivity contribution in [1.82, 2.24) is 0 Å². The predicted octanol–water partition coefficient (Wildman–Crippen LogP) is 2.69. The van der Waals surface area contributed by atoms with E-state index < -0.39 is 0 Å². The van der Waals surface area contributed by atoms with Crippen molar-refractivity contribution in [2.75, 3.05) is 6.61 Å². The minimum atomic E-state index is 0.235. The summed E-state index contributed by atoms with van der Waals surface area (Å²) in [6, 6.07) is 6.58. The van der Waals surface area contributed by atoms with Crippen molar-refractivity contribution in [3.8, 4) is 11.8 Å². The Labute approximate surface area is 97.5 Å². The molecule has 0 spiro atoms. The lowest BCUT2D eigenvalue weighted by Crippen LogP contribution is -2.02. The summed E-state index contributed by atoms with van der Waals surface area (Å²) >= 11 is 0. The van der Waals surface area contributed by atoms with Gasteiger partial charge < -0.3 is 5.11 Å². The fraction of sp³-hybridized carbons (Fsp3) is 0.467. The zero-order valence-corrected chi connectivity index (χ0v) is 9.63. The van der Waals surface area contributed by atoms with Crippen molar-refractivity contribution < 1.29 is 5.11 Å². The number of aliphatic hydroxyl groups is 1. The van der Waals surface area contributed by atoms with Crippen LogP contribution in [0.4, 0.5) is 0 Å². The van der Waals surface area contributed by atoms with Gasteiger partial charge in [-0.25, -0.2) is 0 Å². The molecule has 1 aromatic rings. The van der Waals surface area contributed by atoms with Crippen molar-refractivity contribution >= 4 is 0 Å². The zero-order chi connectivity index (χ0) is 11.2. The first-order chi connectivity index (χ1) is 7.90. The van der Waals surface area contributed by atoms with Gasteiger partial charge in [0.15, 0.2) is 0 Å². The van der Waals surface area contributed by atoms with Gasteiger partial charge in [0.2, 0.25) is 0 Å². The average molecular weight is 214 g/mol. The van der Waals surface area contributed by atoms with Crippen LogP contribution in [0, 0.1) is 11.8 Å². The summed E-state index contributed by atoms with van der Waals surface area (Å²) in [5.41, 5.74) is 4.12. The molecular weight excluding hydrogens is 196 g/mol. The van der Waals surface area contributed by atoms with Crippen LogP contribution in [0.2, 0.25) is 0 Å². The molecule has 0 radical (unpaired) electrons. The molecule has 0 aliphatic heterocycles. The number of fused-ring (bicyclic) bond motifs is 1. The van der Waals surface area contributed by atoms with Gasteiger partial charge in [-0.3, -0.25) is 0 Å². The van der Waals surface area contributed by atoms with E-state index in [1.54, 1.807) is 0 Å². The molecule has 0 aromatic heterocycles. The van der Waals surface area contributed by atoms with Gasteiger partial charge in [0.1, 0.15) is 0 Å². The lowest BCUT2D eigenvalue weighted by atomic mass is 9.90. The van der Waals surface area contributed by atoms with E-state index in [1.165, 1.54) is 36.8 Å². The number of aliphatic hydroxyl groups excluding tert-OH is 1. The van der Waals surface area contributed by atoms with Crippen LogP contribution in [0.15, 0.2) is 18.2 Å². The third kappa shape index (κ3) is 2.87. The molecule has 0 heterocycles. The molecule has 0 atom stereocenters. The predicted molar refractivity (Wildman–Crippen MR) is 66.3 cm³/mol. The Morgan fingerprint density at radius 2 is 1.94 bits per heavy atom. The van der Waals surface area contributed by atoms with Gasteiger partial charge in [-0.15, -0.1) is 0 Å². The van der Waals surface area contributed by atoms with Crippen LogP contribution in [-0.2, 0) is 12.8 Å². The van der Waals surface area contributed by atoms with Crippen LogP contribution in [0.3, 0.4) is 0 Å². The zero-order valence-electron chi connectivity index (χ0n) is 9.63. The van der Waals surface area contributed by atoms with Crippen LogP contribution in [0.25, 0.3) is 0 Å². The lowest BCUT2D eigenvalue weighted by molar-refractivity contribution is 0.290. The number of aryl methyl sites for hydroxylation is 2. The molecule has 84 valence electrons. The normalized spacial score (nSPS) is 13.8. The van der Waals surface area contributed by atoms with Crippen LogP contribution < -0.4 is 0 Å². The first-order valence-corrected chi connectivity index (χ1v) is 6.11. The highest BCUT2D eigenvalue weighted by Crippen LogP contribution is 2.21. The van der Waals surface area contributed by atoms with Crippen LogP contribution in [0.1, 0.15) is 42.4 Å². The summed E-state index contributed by atoms with van der Waals surface area (Å²) in [5, 5.41) is 8.65. The van der Waals surface area contributed by atoms with Gasteiger partial charge >= 0.3 is 0 Å². The third-order valence-electron chi connectivity index (χ3n) is 3.04. The minimum Gasteiger partial charge on any atom is -0.396 e. The quantitative estimate of drug-likeness (QED) is 0.593. The van der Waals surface area contributed by atoms with Crippen LogP contribution >= 0.6 is 0 Å². The smallest absolute Gasteiger partial charge is 0.0440 e. The van der Waals surface area contributed by atoms with E-state index in [0.717, 1.165) is 18.4 Å². The number of hydrogen-bond acceptors (Lipinski definition) is 1. The van der Waals surface area contributed by atoms with Crippen molar-refractivity contribution in [2.45, 2.75) is 38.5 Å². The Bertz CT molecular complexity index is 409. The summed E-state index contributed by atoms with van der Waals surface area (Å²) in [6.07, 6.45) is 6.64. The van der Waals surface area contributed by atoms with Gasteiger partial charge in [-0.05, 0) is 55.4 Å². The summed E-state index contributed by atoms with van der Waals surface area (Å²) < 4.78 is 0. The average Bonchev–Trinajstić information content (AvgIpc) is 2.34. The maximum atomic E-state index is 8.65. The Hall–Kier alpha value is -1.26. The molecule has 1 aliphatic rings. The topological polar surface area (TPSA) is 20.2 Å². The molecule has 2 rings (SSSR count). The van der Waals surface area contributed by atoms with Crippen molar-refractivity contribution in [3.05, 3.63) is 34.9 Å². The van der Waals surface area contributed by atoms with E-state index in [2.05, 4.69) is 30.0 Å². The molecule has 0 saturated carbocycles. The maximum Gasteiger partial charge on any atom is 0.0440 e. The summed E-state index contributed by atoms with van der Waals surface area (Å²) in [5.74, 6) is 6.27. The van der Waals surface area contributed by atoms with E-state index in [1.807, 2.05) is 0 Å². The molecule has 0 bridgehead atoms. The van der Waals surface area contributed by atoms with Gasteiger partial charge in [0, 0.05) is 18.6 Å². The van der Waals surface area contributed by atoms with E-state index in [9.17, 15) is 0 Å². The molecular formula is C15H18O. The van der Waals surface area contributed by atoms with Gasteiger partial charge in [0.05, 0.1) is 0 Å². The van der Waals surface area contributed by atoms with Crippen molar-refractivity contribution in [2.24, 2.45) is 0 Å². The van der Waals surface area contributed by atoms with Gasteiger partial charge in [0.25, 0.3) is 0 Å². The molecule has 1 N–H and O–H groups in total. The highest BCUT2D eigenvalue weighted by atomic mass is 16.2. The first kappa shape index (κ1) is 11.2. The second kappa shape index (κ2) is 5.72. The molecule has 1 aliphatic carbocycles. The van der Waals surface area contributed by atoms with Gasteiger partial charge in [-0.1, -0.05) is 17.9 Å². The highest BCUT2D eigenvalue weighted by Gasteiger charge is 2.08. The van der Waals surface area contributed by atoms with Crippen LogP contribution in [-0.4, -0.2) is 11.7 Å². The Kier molecular flexibility index (Phi) is 4.02. The molecule has 0 amide bonds. The first-order valence-electron chi connectivity index (χ1n) is 6.11. The fourth-order valence-electron chi connectivity index (χ4n) is 2.14. The molecule has 16 heavy (non-hydrogen) atoms. The largest absolute Gasteiger partial charge is 0.396 e. The Balaban J connectivity index is 2.07. The molecule has 1 nitrogen and oxygen atoms in total. The number of rotatable bonds is 2. The van der Waals surface area contributed by atoms with E-state index in [4.69, 9.17) is 5.11 Å². The molecule has 0 unspecified atom stereocenters. The highest BCUT2D eigenvalue weighted by molar-refractivity contribution is 5.41. The molecule has 0 fully saturated rings. The standard InChI is InChI=1S/C15H18O/c16-11-5-1-2-6-13-9-10-14-7-3-4-8-15(14)12-13/h9-10,12,16H,1,3-5,7-8,11H2. The van der Waals surface area contributed by atoms with E-state index in [0.29, 0.717) is 0 Å². The monoisotopic (exact) mass is 214 g/mol. The van der Waals surface area contributed by atoms with E-state index in [-0.39, 0.29) is 6.61 Å². The lowest BCUT2D eigenvalue weighted by Gasteiger charge is -2.15. The number of unbranched alkanes of at least 4 members (excludes halogenated alkanes) is 1. The van der Waals surface area contributed by atoms with Gasteiger partial charge in [-0.2, -0.15) is 0 Å². The fourth-order valence-corrected chi connectivity index (χ4v) is 2.14. The summed E-state index contributed by atoms with van der Waals surface area (Å²) in [6.45, 7) is 0.235. The molecule has 1 heteroatoms. The SMILES string of the molecule is OCCCC#Cc1ccc2c(c1)CCCC2. The van der Waals surface area contributed by atoms with Crippen LogP contribution in [0.5, 0.6) is 0 Å². The number of benzene rings is 1. The maximum absolute atomic E-state index is 8.65. The summed E-state index contributed by atoms with van der Waals surface area (Å²) in [7, 11) is 0. The minimum absolute atomic E-state index is 0.235. The Morgan fingerprint density at radius 3 is 2.75 bits per heavy atom. The second-order valence-electron chi connectivity index (χ2n) is 4.32. The van der Waals surface area contributed by atoms with Crippen molar-refractivity contribution in [1.29, 1.82) is 0 Å². The number of hydrogen-bond donors (Lipinski definition) is 1. The Morgan fingerprint density at radius 1 is 1.12 bits per heavy atom. The summed E-state index contributed by atoms with van der Waals surface area (Å²) in [4.78, 5) is 0. The third-order valence-corrected chi connectivity index (χ3v) is 3.04. The molecule has 1 aromatic carbocycles.